The molecule has 0 saturated carbocycles. The summed E-state index contributed by atoms with van der Waals surface area (Å²) in [4.78, 5) is 0. The quantitative estimate of drug-likeness (QED) is 0.783. The molecular weight excluding hydrogens is 204 g/mol. The molecule has 16 heavy (non-hydrogen) atoms. The van der Waals surface area contributed by atoms with Crippen molar-refractivity contribution in [2.24, 2.45) is 0 Å². The number of methoxy groups -OCH3 is 1. The van der Waals surface area contributed by atoms with E-state index in [0.29, 0.717) is 0 Å². The summed E-state index contributed by atoms with van der Waals surface area (Å²) in [6.45, 7) is 1.65. The van der Waals surface area contributed by atoms with Crippen LogP contribution in [0.3, 0.4) is 0 Å². The van der Waals surface area contributed by atoms with Crippen LogP contribution in [0.15, 0.2) is 24.3 Å². The van der Waals surface area contributed by atoms with Gasteiger partial charge in [-0.25, -0.2) is 0 Å². The summed E-state index contributed by atoms with van der Waals surface area (Å²) in [6, 6.07) is 8.14. The first kappa shape index (κ1) is 11.4. The molecule has 0 amide bonds. The Morgan fingerprint density at radius 3 is 2.50 bits per heavy atom. The fourth-order valence-electron chi connectivity index (χ4n) is 1.78. The minimum atomic E-state index is -0.0177. The van der Waals surface area contributed by atoms with Crippen molar-refractivity contribution in [3.63, 3.8) is 0 Å². The molecule has 0 radical (unpaired) electrons. The Balaban J connectivity index is 1.79. The molecule has 0 N–H and O–H groups in total. The van der Waals surface area contributed by atoms with E-state index >= 15 is 0 Å². The number of benzene rings is 1. The van der Waals surface area contributed by atoms with Gasteiger partial charge in [0.05, 0.1) is 20.3 Å². The monoisotopic (exact) mass is 222 g/mol. The lowest BCUT2D eigenvalue weighted by Gasteiger charge is -2.23. The molecule has 1 fully saturated rings. The molecule has 1 heterocycles. The van der Waals surface area contributed by atoms with Crippen LogP contribution in [0.2, 0.25) is 0 Å². The molecule has 3 heteroatoms. The SMILES string of the molecule is COc1ccc(CCC2OCCCO2)cc1. The molecule has 1 aliphatic heterocycles. The van der Waals surface area contributed by atoms with Crippen LogP contribution in [0.25, 0.3) is 0 Å². The molecule has 3 nitrogen and oxygen atoms in total. The van der Waals surface area contributed by atoms with Crippen LogP contribution in [0.4, 0.5) is 0 Å². The van der Waals surface area contributed by atoms with Gasteiger partial charge in [0.2, 0.25) is 0 Å². The Hall–Kier alpha value is -1.06. The highest BCUT2D eigenvalue weighted by atomic mass is 16.7. The Morgan fingerprint density at radius 2 is 1.88 bits per heavy atom. The lowest BCUT2D eigenvalue weighted by Crippen LogP contribution is -2.25. The summed E-state index contributed by atoms with van der Waals surface area (Å²) in [5, 5.41) is 0. The highest BCUT2D eigenvalue weighted by Gasteiger charge is 2.13. The lowest BCUT2D eigenvalue weighted by atomic mass is 10.1. The van der Waals surface area contributed by atoms with Crippen molar-refractivity contribution >= 4 is 0 Å². The van der Waals surface area contributed by atoms with E-state index in [2.05, 4.69) is 12.1 Å². The standard InChI is InChI=1S/C13H18O3/c1-14-12-6-3-11(4-7-12)5-8-13-15-9-2-10-16-13/h3-4,6-7,13H,2,5,8-10H2,1H3. The van der Waals surface area contributed by atoms with E-state index in [1.54, 1.807) is 7.11 Å². The third kappa shape index (κ3) is 3.22. The maximum absolute atomic E-state index is 5.50. The van der Waals surface area contributed by atoms with E-state index in [4.69, 9.17) is 14.2 Å². The van der Waals surface area contributed by atoms with Crippen LogP contribution in [0.1, 0.15) is 18.4 Å². The number of hydrogen-bond donors (Lipinski definition) is 0. The number of hydrogen-bond acceptors (Lipinski definition) is 3. The number of aryl methyl sites for hydroxylation is 1. The van der Waals surface area contributed by atoms with Crippen LogP contribution in [0.5, 0.6) is 5.75 Å². The van der Waals surface area contributed by atoms with Gasteiger partial charge in [-0.2, -0.15) is 0 Å². The van der Waals surface area contributed by atoms with Crippen molar-refractivity contribution in [3.05, 3.63) is 29.8 Å². The largest absolute Gasteiger partial charge is 0.497 e. The summed E-state index contributed by atoms with van der Waals surface area (Å²) in [6.07, 6.45) is 2.90. The zero-order chi connectivity index (χ0) is 11.2. The average molecular weight is 222 g/mol. The molecule has 1 saturated heterocycles. The molecule has 0 unspecified atom stereocenters. The summed E-state index contributed by atoms with van der Waals surface area (Å²) in [5.41, 5.74) is 1.29. The summed E-state index contributed by atoms with van der Waals surface area (Å²) < 4.78 is 16.1. The topological polar surface area (TPSA) is 27.7 Å². The third-order valence-corrected chi connectivity index (χ3v) is 2.72. The Labute approximate surface area is 96.3 Å². The molecule has 1 aromatic rings. The zero-order valence-electron chi connectivity index (χ0n) is 9.65. The van der Waals surface area contributed by atoms with E-state index in [1.165, 1.54) is 5.56 Å². The van der Waals surface area contributed by atoms with Crippen molar-refractivity contribution in [3.8, 4) is 5.75 Å². The van der Waals surface area contributed by atoms with Gasteiger partial charge in [-0.05, 0) is 30.5 Å². The van der Waals surface area contributed by atoms with Crippen LogP contribution in [-0.2, 0) is 15.9 Å². The first-order valence-corrected chi connectivity index (χ1v) is 5.74. The van der Waals surface area contributed by atoms with E-state index < -0.39 is 0 Å². The number of ether oxygens (including phenoxy) is 3. The summed E-state index contributed by atoms with van der Waals surface area (Å²) >= 11 is 0. The van der Waals surface area contributed by atoms with Gasteiger partial charge in [-0.1, -0.05) is 12.1 Å². The van der Waals surface area contributed by atoms with Gasteiger partial charge in [0.1, 0.15) is 5.75 Å². The fraction of sp³-hybridized carbons (Fsp3) is 0.538. The molecule has 0 spiro atoms. The molecule has 0 aromatic heterocycles. The van der Waals surface area contributed by atoms with Crippen molar-refractivity contribution in [2.45, 2.75) is 25.6 Å². The van der Waals surface area contributed by atoms with E-state index in [9.17, 15) is 0 Å². The first-order chi connectivity index (χ1) is 7.88. The van der Waals surface area contributed by atoms with Crippen molar-refractivity contribution in [1.82, 2.24) is 0 Å². The van der Waals surface area contributed by atoms with E-state index in [0.717, 1.165) is 38.2 Å². The Kier molecular flexibility index (Phi) is 4.19. The molecule has 1 aliphatic rings. The lowest BCUT2D eigenvalue weighted by molar-refractivity contribution is -0.180. The maximum atomic E-state index is 5.50. The van der Waals surface area contributed by atoms with Crippen molar-refractivity contribution < 1.29 is 14.2 Å². The molecule has 1 aromatic carbocycles. The molecule has 2 rings (SSSR count). The molecule has 0 aliphatic carbocycles. The van der Waals surface area contributed by atoms with E-state index in [-0.39, 0.29) is 6.29 Å². The summed E-state index contributed by atoms with van der Waals surface area (Å²) in [7, 11) is 1.68. The predicted molar refractivity (Wildman–Crippen MR) is 61.6 cm³/mol. The number of rotatable bonds is 4. The van der Waals surface area contributed by atoms with Crippen LogP contribution < -0.4 is 4.74 Å². The van der Waals surface area contributed by atoms with Crippen LogP contribution >= 0.6 is 0 Å². The first-order valence-electron chi connectivity index (χ1n) is 5.74. The van der Waals surface area contributed by atoms with Gasteiger partial charge < -0.3 is 14.2 Å². The second-order valence-corrected chi connectivity index (χ2v) is 3.91. The summed E-state index contributed by atoms with van der Waals surface area (Å²) in [5.74, 6) is 0.897. The zero-order valence-corrected chi connectivity index (χ0v) is 9.65. The molecule has 88 valence electrons. The van der Waals surface area contributed by atoms with Crippen LogP contribution in [-0.4, -0.2) is 26.6 Å². The fourth-order valence-corrected chi connectivity index (χ4v) is 1.78. The van der Waals surface area contributed by atoms with E-state index in [1.807, 2.05) is 12.1 Å². The van der Waals surface area contributed by atoms with Gasteiger partial charge in [-0.3, -0.25) is 0 Å². The van der Waals surface area contributed by atoms with Crippen LogP contribution in [0, 0.1) is 0 Å². The Bertz CT molecular complexity index is 301. The highest BCUT2D eigenvalue weighted by molar-refractivity contribution is 5.27. The van der Waals surface area contributed by atoms with Gasteiger partial charge >= 0.3 is 0 Å². The van der Waals surface area contributed by atoms with Gasteiger partial charge in [0.25, 0.3) is 0 Å². The maximum Gasteiger partial charge on any atom is 0.157 e. The normalized spacial score (nSPS) is 17.3. The van der Waals surface area contributed by atoms with Crippen molar-refractivity contribution in [2.75, 3.05) is 20.3 Å². The minimum absolute atomic E-state index is 0.0177. The second-order valence-electron chi connectivity index (χ2n) is 3.91. The Morgan fingerprint density at radius 1 is 1.19 bits per heavy atom. The predicted octanol–water partition coefficient (Wildman–Crippen LogP) is 2.39. The highest BCUT2D eigenvalue weighted by Crippen LogP contribution is 2.15. The smallest absolute Gasteiger partial charge is 0.157 e. The van der Waals surface area contributed by atoms with Gasteiger partial charge in [-0.15, -0.1) is 0 Å². The second kappa shape index (κ2) is 5.87. The van der Waals surface area contributed by atoms with Gasteiger partial charge in [0.15, 0.2) is 6.29 Å². The molecule has 0 atom stereocenters. The average Bonchev–Trinajstić information content (AvgIpc) is 2.38. The minimum Gasteiger partial charge on any atom is -0.497 e. The third-order valence-electron chi connectivity index (χ3n) is 2.72. The molecular formula is C13H18O3. The molecule has 0 bridgehead atoms. The van der Waals surface area contributed by atoms with Crippen molar-refractivity contribution in [1.29, 1.82) is 0 Å². The van der Waals surface area contributed by atoms with Gasteiger partial charge in [0, 0.05) is 6.42 Å².